The van der Waals surface area contributed by atoms with Gasteiger partial charge in [-0.15, -0.1) is 23.2 Å². The summed E-state index contributed by atoms with van der Waals surface area (Å²) in [6.45, 7) is -0.828. The molecule has 0 aromatic heterocycles. The van der Waals surface area contributed by atoms with Gasteiger partial charge in [-0.05, 0) is 54.6 Å². The summed E-state index contributed by atoms with van der Waals surface area (Å²) in [4.78, 5) is 63.9. The van der Waals surface area contributed by atoms with E-state index in [0.717, 1.165) is 0 Å². The van der Waals surface area contributed by atoms with Crippen molar-refractivity contribution in [2.45, 2.75) is 14.1 Å². The molecule has 1 saturated heterocycles. The number of ether oxygens (including phenoxy) is 1. The van der Waals surface area contributed by atoms with E-state index >= 15 is 0 Å². The number of carbonyl (C=O) groups excluding carboxylic acids is 5. The number of allylic oxidation sites excluding steroid dienone is 2. The largest absolute Gasteiger partial charge is 0.423 e. The number of ketones is 1. The van der Waals surface area contributed by atoms with Gasteiger partial charge in [-0.3, -0.25) is 19.2 Å². The third-order valence-corrected chi connectivity index (χ3v) is 13.2. The molecule has 4 atom stereocenters. The van der Waals surface area contributed by atoms with Crippen LogP contribution < -0.4 is 4.74 Å². The summed E-state index contributed by atoms with van der Waals surface area (Å²) in [6.07, 6.45) is 0. The van der Waals surface area contributed by atoms with Crippen molar-refractivity contribution < 1.29 is 28.7 Å². The molecule has 0 spiro atoms. The van der Waals surface area contributed by atoms with Gasteiger partial charge < -0.3 is 4.74 Å². The monoisotopic (exact) mass is 792 g/mol. The molecule has 3 aliphatic rings. The lowest BCUT2D eigenvalue weighted by Gasteiger charge is -2.36. The number of carbonyl (C=O) groups is 5. The van der Waals surface area contributed by atoms with E-state index in [1.807, 2.05) is 0 Å². The summed E-state index contributed by atoms with van der Waals surface area (Å²) < 4.78 is 3.15. The molecular weight excluding hydrogens is 780 g/mol. The lowest BCUT2D eigenvalue weighted by Crippen LogP contribution is -2.56. The van der Waals surface area contributed by atoms with E-state index in [9.17, 15) is 24.0 Å². The number of hydrogen-bond acceptors (Lipinski definition) is 6. The summed E-state index contributed by atoms with van der Waals surface area (Å²) in [5.74, 6) is -7.37. The highest BCUT2D eigenvalue weighted by atomic mass is 35.5. The fourth-order valence-corrected chi connectivity index (χ4v) is 9.13. The van der Waals surface area contributed by atoms with Crippen LogP contribution in [0.2, 0.25) is 10.0 Å². The number of hydrogen-bond donors (Lipinski definition) is 0. The van der Waals surface area contributed by atoms with Gasteiger partial charge in [0.15, 0.2) is 10.1 Å². The van der Waals surface area contributed by atoms with Gasteiger partial charge in [0, 0.05) is 11.1 Å². The molecule has 3 amide bonds. The van der Waals surface area contributed by atoms with Crippen molar-refractivity contribution in [1.29, 1.82) is 0 Å². The fourth-order valence-electron chi connectivity index (χ4n) is 5.91. The summed E-state index contributed by atoms with van der Waals surface area (Å²) >= 11 is 51.8. The molecule has 2 aliphatic carbocycles. The van der Waals surface area contributed by atoms with Crippen LogP contribution in [0.4, 0.5) is 0 Å². The van der Waals surface area contributed by atoms with Crippen LogP contribution in [0.5, 0.6) is 5.75 Å². The van der Waals surface area contributed by atoms with Gasteiger partial charge in [0.2, 0.25) is 0 Å². The number of hydrazine groups is 1. The Morgan fingerprint density at radius 1 is 0.702 bits per heavy atom. The molecule has 1 aliphatic heterocycles. The van der Waals surface area contributed by atoms with E-state index < -0.39 is 61.9 Å². The standard InChI is InChI=1S/C31H16Cl8N2O6/c32-18-11-8-16(12-19(18)33)25(43)40(13-20(42)14-6-9-17(10-7-14)47-28(46)15-4-2-1-3-5-15)41-26(44)21-22(27(41)45)30(37)24(35)23(34)29(21,36)31(30,38)39/h1-12,21-22H,13H2/t21-,22-,29-,30-/m1/s1. The van der Waals surface area contributed by atoms with Crippen LogP contribution in [-0.4, -0.2) is 60.1 Å². The molecule has 6 rings (SSSR count). The Balaban J connectivity index is 1.33. The van der Waals surface area contributed by atoms with Crippen molar-refractivity contribution in [3.05, 3.63) is 110 Å². The van der Waals surface area contributed by atoms with E-state index in [4.69, 9.17) is 97.5 Å². The van der Waals surface area contributed by atoms with Crippen molar-refractivity contribution >= 4 is 122 Å². The topological polar surface area (TPSA) is 101 Å². The maximum Gasteiger partial charge on any atom is 0.343 e. The number of nitrogens with zero attached hydrogens (tertiary/aromatic N) is 2. The normalized spacial score (nSPS) is 25.7. The first-order valence-corrected chi connectivity index (χ1v) is 16.5. The van der Waals surface area contributed by atoms with Crippen LogP contribution in [0, 0.1) is 11.8 Å². The van der Waals surface area contributed by atoms with Crippen LogP contribution in [0.1, 0.15) is 31.1 Å². The molecule has 0 radical (unpaired) electrons. The molecule has 0 unspecified atom stereocenters. The van der Waals surface area contributed by atoms with Gasteiger partial charge in [-0.1, -0.05) is 87.8 Å². The Morgan fingerprint density at radius 2 is 1.23 bits per heavy atom. The second kappa shape index (κ2) is 12.1. The lowest BCUT2D eigenvalue weighted by molar-refractivity contribution is -0.154. The van der Waals surface area contributed by atoms with Crippen molar-refractivity contribution in [3.63, 3.8) is 0 Å². The predicted octanol–water partition coefficient (Wildman–Crippen LogP) is 7.90. The Labute approximate surface area is 306 Å². The second-order valence-electron chi connectivity index (χ2n) is 10.8. The summed E-state index contributed by atoms with van der Waals surface area (Å²) in [7, 11) is 0. The van der Waals surface area contributed by atoms with Gasteiger partial charge in [-0.2, -0.15) is 5.01 Å². The Kier molecular flexibility index (Phi) is 8.85. The van der Waals surface area contributed by atoms with Gasteiger partial charge in [0.1, 0.15) is 22.0 Å². The van der Waals surface area contributed by atoms with E-state index in [1.54, 1.807) is 30.3 Å². The van der Waals surface area contributed by atoms with Crippen molar-refractivity contribution in [2.75, 3.05) is 6.54 Å². The van der Waals surface area contributed by atoms with Crippen molar-refractivity contribution in [1.82, 2.24) is 10.0 Å². The Bertz CT molecular complexity index is 1870. The number of esters is 1. The third kappa shape index (κ3) is 4.98. The number of fused-ring (bicyclic) bond motifs is 5. The molecule has 2 bridgehead atoms. The Hall–Kier alpha value is -2.53. The number of amides is 3. The quantitative estimate of drug-likeness (QED) is 0.0793. The zero-order chi connectivity index (χ0) is 34.2. The molecule has 47 heavy (non-hydrogen) atoms. The van der Waals surface area contributed by atoms with E-state index in [1.165, 1.54) is 42.5 Å². The first kappa shape index (κ1) is 34.3. The molecule has 242 valence electrons. The third-order valence-electron chi connectivity index (χ3n) is 8.22. The maximum absolute atomic E-state index is 14.1. The molecular formula is C31H16Cl8N2O6. The molecule has 2 fully saturated rings. The van der Waals surface area contributed by atoms with Crippen LogP contribution in [0.25, 0.3) is 0 Å². The second-order valence-corrected chi connectivity index (χ2v) is 14.9. The van der Waals surface area contributed by atoms with Crippen LogP contribution in [0.3, 0.4) is 0 Å². The molecule has 3 aromatic carbocycles. The molecule has 8 nitrogen and oxygen atoms in total. The first-order valence-electron chi connectivity index (χ1n) is 13.4. The van der Waals surface area contributed by atoms with Crippen LogP contribution >= 0.6 is 92.8 Å². The summed E-state index contributed by atoms with van der Waals surface area (Å²) in [5.41, 5.74) is 0.250. The van der Waals surface area contributed by atoms with E-state index in [2.05, 4.69) is 0 Å². The highest BCUT2D eigenvalue weighted by Crippen LogP contribution is 2.77. The maximum atomic E-state index is 14.1. The Morgan fingerprint density at radius 3 is 1.77 bits per heavy atom. The molecule has 0 N–H and O–H groups in total. The number of imide groups is 1. The average molecular weight is 796 g/mol. The van der Waals surface area contributed by atoms with Gasteiger partial charge >= 0.3 is 5.97 Å². The zero-order valence-electron chi connectivity index (χ0n) is 23.2. The number of alkyl halides is 4. The van der Waals surface area contributed by atoms with Gasteiger partial charge in [-0.25, -0.2) is 9.80 Å². The average Bonchev–Trinajstić information content (AvgIpc) is 3.44. The number of benzene rings is 3. The van der Waals surface area contributed by atoms with Gasteiger partial charge in [0.25, 0.3) is 17.7 Å². The van der Waals surface area contributed by atoms with E-state index in [0.29, 0.717) is 15.6 Å². The van der Waals surface area contributed by atoms with Crippen molar-refractivity contribution in [3.8, 4) is 5.75 Å². The minimum Gasteiger partial charge on any atom is -0.423 e. The minimum atomic E-state index is -2.20. The molecule has 3 aromatic rings. The van der Waals surface area contributed by atoms with Crippen molar-refractivity contribution in [2.24, 2.45) is 11.8 Å². The summed E-state index contributed by atoms with van der Waals surface area (Å²) in [6, 6.07) is 17.5. The SMILES string of the molecule is O=C(CN(C(=O)c1ccc(Cl)c(Cl)c1)N1C(=O)[C@H]2[C@H](C1=O)[C@@]1(Cl)C(Cl)=C(Cl)[C@@]2(Cl)C1(Cl)Cl)c1ccc(OC(=O)c2ccccc2)cc1. The molecule has 1 saturated carbocycles. The van der Waals surface area contributed by atoms with Crippen LogP contribution in [-0.2, 0) is 9.59 Å². The van der Waals surface area contributed by atoms with Crippen LogP contribution in [0.15, 0.2) is 82.9 Å². The molecule has 1 heterocycles. The van der Waals surface area contributed by atoms with Gasteiger partial charge in [0.05, 0.1) is 37.5 Å². The highest BCUT2D eigenvalue weighted by Gasteiger charge is 2.88. The lowest BCUT2D eigenvalue weighted by atomic mass is 9.84. The fraction of sp³-hybridized carbons (Fsp3) is 0.194. The van der Waals surface area contributed by atoms with E-state index in [-0.39, 0.29) is 37.0 Å². The number of rotatable bonds is 7. The number of halogens is 8. The summed E-state index contributed by atoms with van der Waals surface area (Å²) in [5, 5.41) is 0.593. The smallest absolute Gasteiger partial charge is 0.343 e. The number of Topliss-reactive ketones (excluding diaryl/α,β-unsaturated/α-hetero) is 1. The minimum absolute atomic E-state index is 0.00493. The predicted molar refractivity (Wildman–Crippen MR) is 179 cm³/mol. The first-order chi connectivity index (χ1) is 22.1. The zero-order valence-corrected chi connectivity index (χ0v) is 29.2. The molecule has 16 heteroatoms. The highest BCUT2D eigenvalue weighted by molar-refractivity contribution is 6.66.